The molecule has 0 saturated carbocycles. The van der Waals surface area contributed by atoms with E-state index in [1.54, 1.807) is 40.0 Å². The van der Waals surface area contributed by atoms with Crippen LogP contribution in [0.25, 0.3) is 31.8 Å². The van der Waals surface area contributed by atoms with Gasteiger partial charge in [-0.3, -0.25) is 10.1 Å². The molecule has 47 heavy (non-hydrogen) atoms. The lowest BCUT2D eigenvalue weighted by Gasteiger charge is -2.22. The Morgan fingerprint density at radius 1 is 1.02 bits per heavy atom. The van der Waals surface area contributed by atoms with Gasteiger partial charge in [-0.2, -0.15) is 0 Å². The van der Waals surface area contributed by atoms with Crippen LogP contribution in [0.4, 0.5) is 14.9 Å². The number of fused-ring (bicyclic) bond motifs is 2. The van der Waals surface area contributed by atoms with Gasteiger partial charge in [0.25, 0.3) is 5.91 Å². The quantitative estimate of drug-likeness (QED) is 0.164. The molecule has 3 aromatic heterocycles. The van der Waals surface area contributed by atoms with Crippen molar-refractivity contribution in [3.63, 3.8) is 0 Å². The van der Waals surface area contributed by atoms with Gasteiger partial charge < -0.3 is 24.6 Å². The first kappa shape index (κ1) is 33.3. The molecule has 5 rings (SSSR count). The molecule has 0 aliphatic carbocycles. The highest BCUT2D eigenvalue weighted by Gasteiger charge is 2.22. The molecule has 0 aliphatic heterocycles. The number of rotatable bonds is 11. The fourth-order valence-corrected chi connectivity index (χ4v) is 5.42. The molecule has 15 heteroatoms. The van der Waals surface area contributed by atoms with Crippen LogP contribution >= 0.6 is 11.3 Å². The van der Waals surface area contributed by atoms with Crippen molar-refractivity contribution in [2.45, 2.75) is 58.8 Å². The number of ether oxygens (including phenoxy) is 3. The van der Waals surface area contributed by atoms with Crippen LogP contribution in [0.15, 0.2) is 42.9 Å². The number of hydrogen-bond donors (Lipinski definition) is 3. The highest BCUT2D eigenvalue weighted by molar-refractivity contribution is 7.21. The summed E-state index contributed by atoms with van der Waals surface area (Å²) in [6, 6.07) is 6.74. The SMILES string of the molecule is COc1cnc2c(-c3nc4cc(F)c(O[C@@H](C)[C@@H](C)OC(=O)Nc5cnc(C(=O)NCCC(C)(C)O)nc5)cc4s3)cc(C)cc2n1. The minimum absolute atomic E-state index is 0.0143. The van der Waals surface area contributed by atoms with E-state index in [0.29, 0.717) is 38.6 Å². The van der Waals surface area contributed by atoms with E-state index < -0.39 is 35.6 Å². The molecule has 0 spiro atoms. The topological polar surface area (TPSA) is 171 Å². The number of anilines is 1. The van der Waals surface area contributed by atoms with E-state index in [0.717, 1.165) is 11.1 Å². The van der Waals surface area contributed by atoms with Crippen LogP contribution in [-0.4, -0.2) is 73.5 Å². The predicted molar refractivity (Wildman–Crippen MR) is 174 cm³/mol. The summed E-state index contributed by atoms with van der Waals surface area (Å²) in [5.41, 5.74) is 2.78. The smallest absolute Gasteiger partial charge is 0.412 e. The first-order valence-electron chi connectivity index (χ1n) is 14.7. The van der Waals surface area contributed by atoms with Crippen LogP contribution in [0.2, 0.25) is 0 Å². The molecule has 5 aromatic rings. The molecule has 0 aliphatic rings. The van der Waals surface area contributed by atoms with E-state index in [-0.39, 0.29) is 23.8 Å². The van der Waals surface area contributed by atoms with Gasteiger partial charge in [-0.25, -0.2) is 34.1 Å². The van der Waals surface area contributed by atoms with E-state index >= 15 is 4.39 Å². The van der Waals surface area contributed by atoms with Gasteiger partial charge in [-0.15, -0.1) is 11.3 Å². The number of aliphatic hydroxyl groups is 1. The second-order valence-corrected chi connectivity index (χ2v) is 12.6. The number of aryl methyl sites for hydroxylation is 1. The monoisotopic (exact) mass is 663 g/mol. The zero-order chi connectivity index (χ0) is 33.9. The van der Waals surface area contributed by atoms with E-state index in [2.05, 4.69) is 35.6 Å². The molecule has 13 nitrogen and oxygen atoms in total. The zero-order valence-corrected chi connectivity index (χ0v) is 27.4. The van der Waals surface area contributed by atoms with Crippen molar-refractivity contribution >= 4 is 50.3 Å². The molecule has 246 valence electrons. The molecule has 2 aromatic carbocycles. The first-order chi connectivity index (χ1) is 22.3. The molecule has 2 amide bonds. The van der Waals surface area contributed by atoms with Crippen LogP contribution in [0.5, 0.6) is 11.6 Å². The molecular formula is C32H34FN7O6S. The summed E-state index contributed by atoms with van der Waals surface area (Å²) < 4.78 is 32.3. The molecule has 0 bridgehead atoms. The Bertz CT molecular complexity index is 1930. The van der Waals surface area contributed by atoms with Crippen molar-refractivity contribution in [2.75, 3.05) is 19.0 Å². The van der Waals surface area contributed by atoms with E-state index in [1.807, 2.05) is 19.1 Å². The lowest BCUT2D eigenvalue weighted by Crippen LogP contribution is -2.33. The summed E-state index contributed by atoms with van der Waals surface area (Å²) >= 11 is 1.36. The number of aromatic nitrogens is 5. The Kier molecular flexibility index (Phi) is 9.77. The summed E-state index contributed by atoms with van der Waals surface area (Å²) in [5, 5.41) is 15.5. The minimum Gasteiger partial charge on any atom is -0.484 e. The number of methoxy groups -OCH3 is 1. The molecular weight excluding hydrogens is 629 g/mol. The van der Waals surface area contributed by atoms with Gasteiger partial charge in [0.2, 0.25) is 11.7 Å². The molecule has 0 radical (unpaired) electrons. The van der Waals surface area contributed by atoms with Gasteiger partial charge in [0, 0.05) is 24.2 Å². The van der Waals surface area contributed by atoms with Crippen molar-refractivity contribution in [3.05, 3.63) is 60.1 Å². The Hall–Kier alpha value is -5.02. The van der Waals surface area contributed by atoms with Crippen LogP contribution in [0.3, 0.4) is 0 Å². The number of nitrogens with zero attached hydrogens (tertiary/aromatic N) is 5. The van der Waals surface area contributed by atoms with Gasteiger partial charge in [-0.1, -0.05) is 0 Å². The zero-order valence-electron chi connectivity index (χ0n) is 26.6. The average molecular weight is 664 g/mol. The fourth-order valence-electron chi connectivity index (χ4n) is 4.42. The van der Waals surface area contributed by atoms with E-state index in [1.165, 1.54) is 36.9 Å². The van der Waals surface area contributed by atoms with E-state index in [9.17, 15) is 14.7 Å². The van der Waals surface area contributed by atoms with Gasteiger partial charge in [0.05, 0.1) is 58.2 Å². The maximum Gasteiger partial charge on any atom is 0.412 e. The number of amides is 2. The highest BCUT2D eigenvalue weighted by Crippen LogP contribution is 2.37. The number of carbonyl (C=O) groups excluding carboxylic acids is 2. The summed E-state index contributed by atoms with van der Waals surface area (Å²) in [7, 11) is 1.53. The number of nitrogens with one attached hydrogen (secondary N) is 2. The van der Waals surface area contributed by atoms with Crippen molar-refractivity contribution in [1.82, 2.24) is 30.2 Å². The summed E-state index contributed by atoms with van der Waals surface area (Å²) in [5.74, 6) is -0.834. The number of thiazole rings is 1. The number of carbonyl (C=O) groups is 2. The van der Waals surface area contributed by atoms with Crippen molar-refractivity contribution < 1.29 is 33.3 Å². The summed E-state index contributed by atoms with van der Waals surface area (Å²) in [4.78, 5) is 46.3. The van der Waals surface area contributed by atoms with E-state index in [4.69, 9.17) is 14.2 Å². The number of halogens is 1. The van der Waals surface area contributed by atoms with Crippen molar-refractivity contribution in [2.24, 2.45) is 0 Å². The summed E-state index contributed by atoms with van der Waals surface area (Å²) in [6.45, 7) is 8.74. The standard InChI is InChI=1S/C32H34FN7O6S/c1-16-9-20(27-23(10-16)39-26(44-6)15-35-27)30-40-22-11-21(33)24(12-25(22)47-30)45-17(2)18(3)46-31(42)38-19-13-36-28(37-14-19)29(41)34-8-7-32(4,5)43/h9-15,17-18,43H,7-8H2,1-6H3,(H,34,41)(H,38,42)/t17-,18+/m0/s1. The predicted octanol–water partition coefficient (Wildman–Crippen LogP) is 5.45. The Balaban J connectivity index is 1.21. The third-order valence-electron chi connectivity index (χ3n) is 7.04. The molecule has 3 heterocycles. The van der Waals surface area contributed by atoms with Gasteiger partial charge in [0.1, 0.15) is 17.2 Å². The maximum atomic E-state index is 15.1. The first-order valence-corrected chi connectivity index (χ1v) is 15.5. The second kappa shape index (κ2) is 13.8. The third kappa shape index (κ3) is 8.23. The van der Waals surface area contributed by atoms with Crippen molar-refractivity contribution in [3.8, 4) is 22.2 Å². The Morgan fingerprint density at radius 2 is 1.77 bits per heavy atom. The summed E-state index contributed by atoms with van der Waals surface area (Å²) in [6.07, 6.45) is 2.11. The van der Waals surface area contributed by atoms with Gasteiger partial charge in [0.15, 0.2) is 11.6 Å². The van der Waals surface area contributed by atoms with Gasteiger partial charge >= 0.3 is 6.09 Å². The van der Waals surface area contributed by atoms with Crippen LogP contribution < -0.4 is 20.1 Å². The molecule has 0 fully saturated rings. The molecule has 0 saturated heterocycles. The van der Waals surface area contributed by atoms with Crippen LogP contribution in [-0.2, 0) is 4.74 Å². The average Bonchev–Trinajstić information content (AvgIpc) is 3.42. The molecule has 3 N–H and O–H groups in total. The molecule has 0 unspecified atom stereocenters. The van der Waals surface area contributed by atoms with Crippen molar-refractivity contribution in [1.29, 1.82) is 0 Å². The third-order valence-corrected chi connectivity index (χ3v) is 8.09. The highest BCUT2D eigenvalue weighted by atomic mass is 32.1. The Labute approximate surface area is 273 Å². The lowest BCUT2D eigenvalue weighted by atomic mass is 10.1. The molecule has 2 atom stereocenters. The van der Waals surface area contributed by atoms with Crippen LogP contribution in [0.1, 0.15) is 50.3 Å². The maximum absolute atomic E-state index is 15.1. The van der Waals surface area contributed by atoms with Crippen LogP contribution in [0, 0.1) is 12.7 Å². The lowest BCUT2D eigenvalue weighted by molar-refractivity contribution is 0.0402. The normalized spacial score (nSPS) is 12.9. The minimum atomic E-state index is -0.917. The Morgan fingerprint density at radius 3 is 2.47 bits per heavy atom. The van der Waals surface area contributed by atoms with Gasteiger partial charge in [-0.05, 0) is 58.7 Å². The number of benzene rings is 2. The second-order valence-electron chi connectivity index (χ2n) is 11.5. The largest absolute Gasteiger partial charge is 0.484 e. The fraction of sp³-hybridized carbons (Fsp3) is 0.344. The number of hydrogen-bond acceptors (Lipinski definition) is 12.